The number of ether oxygens (including phenoxy) is 1. The number of anilines is 1. The predicted molar refractivity (Wildman–Crippen MR) is 68.5 cm³/mol. The van der Waals surface area contributed by atoms with Crippen molar-refractivity contribution < 1.29 is 13.4 Å². The first-order valence-corrected chi connectivity index (χ1v) is 6.28. The molecule has 0 atom stereocenters. The van der Waals surface area contributed by atoms with E-state index in [1.54, 1.807) is 19.1 Å². The van der Waals surface area contributed by atoms with Crippen LogP contribution in [0.5, 0.6) is 5.75 Å². The van der Waals surface area contributed by atoms with Gasteiger partial charge in [0.1, 0.15) is 5.75 Å². The highest BCUT2D eigenvalue weighted by molar-refractivity contribution is 7.94. The van der Waals surface area contributed by atoms with Crippen molar-refractivity contribution in [2.24, 2.45) is 5.10 Å². The summed E-state index contributed by atoms with van der Waals surface area (Å²) in [5, 5.41) is 5.36. The van der Waals surface area contributed by atoms with Gasteiger partial charge >= 0.3 is 0 Å². The van der Waals surface area contributed by atoms with Gasteiger partial charge in [-0.15, -0.1) is 0 Å². The van der Waals surface area contributed by atoms with Gasteiger partial charge in [-0.25, -0.2) is 4.98 Å². The van der Waals surface area contributed by atoms with Crippen molar-refractivity contribution in [3.8, 4) is 5.75 Å². The van der Waals surface area contributed by atoms with Crippen LogP contribution in [0.4, 0.5) is 9.70 Å². The van der Waals surface area contributed by atoms with Crippen molar-refractivity contribution in [1.82, 2.24) is 4.98 Å². The third-order valence-electron chi connectivity index (χ3n) is 2.28. The summed E-state index contributed by atoms with van der Waals surface area (Å²) < 4.78 is 17.1. The Morgan fingerprint density at radius 1 is 1.56 bits per heavy atom. The Morgan fingerprint density at radius 2 is 2.39 bits per heavy atom. The van der Waals surface area contributed by atoms with Gasteiger partial charge in [-0.05, 0) is 19.1 Å². The molecule has 0 aromatic carbocycles. The summed E-state index contributed by atoms with van der Waals surface area (Å²) in [6, 6.07) is 3.33. The minimum atomic E-state index is -0.0949. The van der Waals surface area contributed by atoms with Gasteiger partial charge in [-0.3, -0.25) is 4.79 Å². The van der Waals surface area contributed by atoms with Crippen LogP contribution >= 0.6 is 12.1 Å². The molecule has 0 saturated carbocycles. The summed E-state index contributed by atoms with van der Waals surface area (Å²) >= 11 is 0.229. The highest BCUT2D eigenvalue weighted by Gasteiger charge is 2.23. The molecule has 0 radical (unpaired) electrons. The van der Waals surface area contributed by atoms with Gasteiger partial charge < -0.3 is 4.74 Å². The van der Waals surface area contributed by atoms with E-state index < -0.39 is 0 Å². The third kappa shape index (κ3) is 2.98. The molecule has 0 aliphatic carbocycles. The van der Waals surface area contributed by atoms with E-state index in [2.05, 4.69) is 10.1 Å². The first kappa shape index (κ1) is 12.8. The van der Waals surface area contributed by atoms with Gasteiger partial charge in [0.25, 0.3) is 5.91 Å². The van der Waals surface area contributed by atoms with E-state index in [0.717, 1.165) is 5.71 Å². The number of carbonyl (C=O) groups is 1. The second-order valence-electron chi connectivity index (χ2n) is 3.73. The van der Waals surface area contributed by atoms with E-state index >= 15 is 0 Å². The van der Waals surface area contributed by atoms with Crippen LogP contribution in [0.3, 0.4) is 0 Å². The Kier molecular flexibility index (Phi) is 4.14. The molecule has 1 aromatic rings. The fourth-order valence-electron chi connectivity index (χ4n) is 1.51. The van der Waals surface area contributed by atoms with Crippen LogP contribution in [0.1, 0.15) is 13.3 Å². The maximum Gasteiger partial charge on any atom is 0.254 e. The number of aromatic nitrogens is 1. The SMILES string of the molecule is CC1=NN(c2ccc(OCCSF)cn2)C(=O)C1. The van der Waals surface area contributed by atoms with Crippen molar-refractivity contribution >= 4 is 29.6 Å². The molecule has 0 unspecified atom stereocenters. The molecule has 96 valence electrons. The number of nitrogens with zero attached hydrogens (tertiary/aromatic N) is 3. The lowest BCUT2D eigenvalue weighted by Gasteiger charge is -2.11. The number of hydrogen-bond acceptors (Lipinski definition) is 5. The zero-order chi connectivity index (χ0) is 13.0. The standard InChI is InChI=1S/C11H12FN3O2S/c1-8-6-11(16)15(14-8)10-3-2-9(7-13-10)17-4-5-18-12/h2-3,7H,4-6H2,1H3. The minimum absolute atomic E-state index is 0.0949. The highest BCUT2D eigenvalue weighted by atomic mass is 32.2. The molecule has 0 bridgehead atoms. The molecular weight excluding hydrogens is 257 g/mol. The summed E-state index contributed by atoms with van der Waals surface area (Å²) in [4.78, 5) is 15.7. The lowest BCUT2D eigenvalue weighted by atomic mass is 10.3. The van der Waals surface area contributed by atoms with Crippen molar-refractivity contribution in [3.05, 3.63) is 18.3 Å². The molecule has 18 heavy (non-hydrogen) atoms. The van der Waals surface area contributed by atoms with Gasteiger partial charge in [-0.2, -0.15) is 14.0 Å². The van der Waals surface area contributed by atoms with Gasteiger partial charge in [0.05, 0.1) is 25.0 Å². The summed E-state index contributed by atoms with van der Waals surface area (Å²) in [6.45, 7) is 2.08. The second kappa shape index (κ2) is 5.81. The van der Waals surface area contributed by atoms with Gasteiger partial charge in [0.15, 0.2) is 5.82 Å². The summed E-state index contributed by atoms with van der Waals surface area (Å²) in [5.41, 5.74) is 0.766. The Balaban J connectivity index is 2.01. The summed E-state index contributed by atoms with van der Waals surface area (Å²) in [5.74, 6) is 1.18. The van der Waals surface area contributed by atoms with Crippen molar-refractivity contribution in [2.75, 3.05) is 17.4 Å². The second-order valence-corrected chi connectivity index (χ2v) is 4.36. The van der Waals surface area contributed by atoms with E-state index in [1.807, 2.05) is 0 Å². The average molecular weight is 269 g/mol. The number of hydrazone groups is 1. The molecular formula is C11H12FN3O2S. The highest BCUT2D eigenvalue weighted by Crippen LogP contribution is 2.20. The molecule has 0 N–H and O–H groups in total. The molecule has 1 amide bonds. The van der Waals surface area contributed by atoms with E-state index in [4.69, 9.17) is 4.74 Å². The number of pyridine rings is 1. The monoisotopic (exact) mass is 269 g/mol. The van der Waals surface area contributed by atoms with Crippen LogP contribution in [0.15, 0.2) is 23.4 Å². The largest absolute Gasteiger partial charge is 0.491 e. The molecule has 1 aromatic heterocycles. The molecule has 7 heteroatoms. The average Bonchev–Trinajstić information content (AvgIpc) is 2.70. The van der Waals surface area contributed by atoms with Crippen LogP contribution in [0.25, 0.3) is 0 Å². The number of carbonyl (C=O) groups excluding carboxylic acids is 1. The first-order chi connectivity index (χ1) is 8.70. The summed E-state index contributed by atoms with van der Waals surface area (Å²) in [6.07, 6.45) is 1.82. The van der Waals surface area contributed by atoms with E-state index in [1.165, 1.54) is 11.2 Å². The zero-order valence-electron chi connectivity index (χ0n) is 9.80. The molecule has 0 spiro atoms. The Morgan fingerprint density at radius 3 is 2.94 bits per heavy atom. The molecule has 0 saturated heterocycles. The van der Waals surface area contributed by atoms with Gasteiger partial charge in [0, 0.05) is 17.9 Å². The summed E-state index contributed by atoms with van der Waals surface area (Å²) in [7, 11) is 0. The van der Waals surface area contributed by atoms with E-state index in [-0.39, 0.29) is 30.4 Å². The molecule has 1 aliphatic heterocycles. The number of amides is 1. The molecule has 0 fully saturated rings. The first-order valence-electron chi connectivity index (χ1n) is 5.40. The van der Waals surface area contributed by atoms with Crippen LogP contribution in [0.2, 0.25) is 0 Å². The van der Waals surface area contributed by atoms with E-state index in [9.17, 15) is 8.68 Å². The fourth-order valence-corrected chi connectivity index (χ4v) is 1.66. The fraction of sp³-hybridized carbons (Fsp3) is 0.364. The normalized spacial score (nSPS) is 14.9. The lowest BCUT2D eigenvalue weighted by Crippen LogP contribution is -2.20. The van der Waals surface area contributed by atoms with E-state index in [0.29, 0.717) is 18.0 Å². The number of rotatable bonds is 5. The number of halogens is 1. The third-order valence-corrected chi connectivity index (χ3v) is 2.60. The Bertz CT molecular complexity index is 464. The van der Waals surface area contributed by atoms with Crippen molar-refractivity contribution in [3.63, 3.8) is 0 Å². The smallest absolute Gasteiger partial charge is 0.254 e. The quantitative estimate of drug-likeness (QED) is 0.769. The van der Waals surface area contributed by atoms with Crippen molar-refractivity contribution in [1.29, 1.82) is 0 Å². The van der Waals surface area contributed by atoms with Crippen LogP contribution < -0.4 is 9.75 Å². The van der Waals surface area contributed by atoms with Crippen LogP contribution in [-0.4, -0.2) is 29.0 Å². The maximum absolute atomic E-state index is 11.8. The zero-order valence-corrected chi connectivity index (χ0v) is 10.6. The maximum atomic E-state index is 11.8. The van der Waals surface area contributed by atoms with Gasteiger partial charge in [0.2, 0.25) is 0 Å². The van der Waals surface area contributed by atoms with Crippen LogP contribution in [-0.2, 0) is 4.79 Å². The topological polar surface area (TPSA) is 54.8 Å². The van der Waals surface area contributed by atoms with Crippen molar-refractivity contribution in [2.45, 2.75) is 13.3 Å². The molecule has 1 aliphatic rings. The molecule has 2 heterocycles. The van der Waals surface area contributed by atoms with Crippen LogP contribution in [0, 0.1) is 0 Å². The Hall–Kier alpha value is -1.63. The van der Waals surface area contributed by atoms with Gasteiger partial charge in [-0.1, -0.05) is 0 Å². The predicted octanol–water partition coefficient (Wildman–Crippen LogP) is 2.19. The molecule has 5 nitrogen and oxygen atoms in total. The Labute approximate surface area is 108 Å². The molecule has 2 rings (SSSR count). The minimum Gasteiger partial charge on any atom is -0.491 e. The number of hydrogen-bond donors (Lipinski definition) is 0. The lowest BCUT2D eigenvalue weighted by molar-refractivity contribution is -0.116.